The van der Waals surface area contributed by atoms with Gasteiger partial charge in [0.05, 0.1) is 12.0 Å². The van der Waals surface area contributed by atoms with Crippen molar-refractivity contribution in [3.8, 4) is 17.8 Å². The minimum Gasteiger partial charge on any atom is -0.467 e. The van der Waals surface area contributed by atoms with E-state index < -0.39 is 22.2 Å². The Labute approximate surface area is 117 Å². The number of nitro groups is 1. The third-order valence-electron chi connectivity index (χ3n) is 2.34. The number of hydrogen-bond donors (Lipinski definition) is 1. The van der Waals surface area contributed by atoms with E-state index in [1.165, 1.54) is 13.2 Å². The minimum atomic E-state index is -0.908. The number of nitrogens with zero attached hydrogens (tertiary/aromatic N) is 4. The molecule has 21 heavy (non-hydrogen) atoms. The van der Waals surface area contributed by atoms with Gasteiger partial charge in [0.15, 0.2) is 5.82 Å². The van der Waals surface area contributed by atoms with Gasteiger partial charge in [0.1, 0.15) is 0 Å². The third-order valence-corrected chi connectivity index (χ3v) is 2.34. The molecular weight excluding hydrogens is 285 g/mol. The van der Waals surface area contributed by atoms with Crippen molar-refractivity contribution in [3.63, 3.8) is 0 Å². The number of ether oxygens (including phenoxy) is 2. The normalized spacial score (nSPS) is 10.0. The summed E-state index contributed by atoms with van der Waals surface area (Å²) < 4.78 is 23.6. The first-order valence-electron chi connectivity index (χ1n) is 5.63. The van der Waals surface area contributed by atoms with E-state index in [0.29, 0.717) is 0 Å². The Morgan fingerprint density at radius 1 is 1.29 bits per heavy atom. The van der Waals surface area contributed by atoms with Crippen molar-refractivity contribution in [2.45, 2.75) is 0 Å². The monoisotopic (exact) mass is 295 g/mol. The third kappa shape index (κ3) is 3.11. The van der Waals surface area contributed by atoms with E-state index in [1.54, 1.807) is 7.05 Å². The van der Waals surface area contributed by atoms with Crippen molar-refractivity contribution in [1.29, 1.82) is 0 Å². The zero-order valence-electron chi connectivity index (χ0n) is 11.0. The van der Waals surface area contributed by atoms with Gasteiger partial charge < -0.3 is 14.8 Å². The van der Waals surface area contributed by atoms with Gasteiger partial charge in [-0.3, -0.25) is 10.1 Å². The molecule has 0 atom stereocenters. The lowest BCUT2D eigenvalue weighted by Crippen LogP contribution is -2.04. The first kappa shape index (κ1) is 14.4. The first-order valence-corrected chi connectivity index (χ1v) is 5.63. The molecule has 0 saturated carbocycles. The van der Waals surface area contributed by atoms with E-state index in [4.69, 9.17) is 9.47 Å². The number of benzene rings is 1. The summed E-state index contributed by atoms with van der Waals surface area (Å²) in [5.74, 6) is -1.39. The van der Waals surface area contributed by atoms with Crippen molar-refractivity contribution in [2.75, 3.05) is 19.5 Å². The fourth-order valence-electron chi connectivity index (χ4n) is 1.42. The second-order valence-electron chi connectivity index (χ2n) is 3.63. The van der Waals surface area contributed by atoms with Crippen LogP contribution in [0.15, 0.2) is 18.2 Å². The zero-order valence-corrected chi connectivity index (χ0v) is 11.0. The Morgan fingerprint density at radius 3 is 2.62 bits per heavy atom. The number of nitrogens with one attached hydrogen (secondary N) is 1. The van der Waals surface area contributed by atoms with Crippen LogP contribution in [0.3, 0.4) is 0 Å². The summed E-state index contributed by atoms with van der Waals surface area (Å²) in [6, 6.07) is 2.92. The summed E-state index contributed by atoms with van der Waals surface area (Å²) in [5, 5.41) is 13.5. The Morgan fingerprint density at radius 2 is 2.00 bits per heavy atom. The number of hydrogen-bond acceptors (Lipinski definition) is 8. The molecule has 1 aromatic carbocycles. The molecule has 10 heteroatoms. The molecule has 9 nitrogen and oxygen atoms in total. The van der Waals surface area contributed by atoms with Gasteiger partial charge in [-0.2, -0.15) is 9.97 Å². The SMILES string of the molecule is CNc1nc(OC)nc(Oc2c(F)cccc2[N+](=O)[O-])n1. The fraction of sp³-hybridized carbons (Fsp3) is 0.182. The van der Waals surface area contributed by atoms with Gasteiger partial charge in [0.2, 0.25) is 11.7 Å². The molecule has 0 fully saturated rings. The molecule has 110 valence electrons. The average molecular weight is 295 g/mol. The molecular formula is C11H10FN5O4. The minimum absolute atomic E-state index is 0.0802. The van der Waals surface area contributed by atoms with Crippen LogP contribution in [0, 0.1) is 15.9 Å². The van der Waals surface area contributed by atoms with E-state index in [0.717, 1.165) is 12.1 Å². The van der Waals surface area contributed by atoms with Crippen LogP contribution in [-0.4, -0.2) is 34.0 Å². The predicted octanol–water partition coefficient (Wildman–Crippen LogP) is 1.76. The van der Waals surface area contributed by atoms with Gasteiger partial charge in [-0.1, -0.05) is 6.07 Å². The fourth-order valence-corrected chi connectivity index (χ4v) is 1.42. The highest BCUT2D eigenvalue weighted by molar-refractivity contribution is 5.48. The zero-order chi connectivity index (χ0) is 15.4. The molecule has 0 saturated heterocycles. The summed E-state index contributed by atoms with van der Waals surface area (Å²) in [7, 11) is 2.87. The van der Waals surface area contributed by atoms with Gasteiger partial charge in [0, 0.05) is 13.1 Å². The van der Waals surface area contributed by atoms with Crippen LogP contribution in [-0.2, 0) is 0 Å². The molecule has 2 aromatic rings. The quantitative estimate of drug-likeness (QED) is 0.655. The molecule has 0 aliphatic carbocycles. The highest BCUT2D eigenvalue weighted by atomic mass is 19.1. The maximum atomic E-state index is 13.7. The van der Waals surface area contributed by atoms with E-state index in [1.807, 2.05) is 0 Å². The highest BCUT2D eigenvalue weighted by Gasteiger charge is 2.22. The van der Waals surface area contributed by atoms with Gasteiger partial charge >= 0.3 is 17.7 Å². The molecule has 0 amide bonds. The molecule has 0 unspecified atom stereocenters. The summed E-state index contributed by atoms with van der Waals surface area (Å²) in [5.41, 5.74) is -0.541. The van der Waals surface area contributed by atoms with E-state index in [2.05, 4.69) is 20.3 Å². The van der Waals surface area contributed by atoms with Gasteiger partial charge in [-0.25, -0.2) is 4.39 Å². The number of aromatic nitrogens is 3. The van der Waals surface area contributed by atoms with Crippen molar-refractivity contribution < 1.29 is 18.8 Å². The van der Waals surface area contributed by atoms with Gasteiger partial charge in [0.25, 0.3) is 0 Å². The molecule has 0 aliphatic heterocycles. The summed E-state index contributed by atoms with van der Waals surface area (Å²) in [4.78, 5) is 21.5. The van der Waals surface area contributed by atoms with Crippen LogP contribution < -0.4 is 14.8 Å². The maximum absolute atomic E-state index is 13.7. The second kappa shape index (κ2) is 5.94. The summed E-state index contributed by atoms with van der Waals surface area (Å²) in [6.45, 7) is 0. The number of nitro benzene ring substituents is 1. The smallest absolute Gasteiger partial charge is 0.330 e. The Kier molecular flexibility index (Phi) is 4.07. The Bertz CT molecular complexity index is 659. The molecule has 0 radical (unpaired) electrons. The van der Waals surface area contributed by atoms with E-state index in [-0.39, 0.29) is 18.0 Å². The van der Waals surface area contributed by atoms with Crippen LogP contribution in [0.1, 0.15) is 0 Å². The second-order valence-corrected chi connectivity index (χ2v) is 3.63. The first-order chi connectivity index (χ1) is 10.0. The predicted molar refractivity (Wildman–Crippen MR) is 69.1 cm³/mol. The number of para-hydroxylation sites is 1. The topological polar surface area (TPSA) is 112 Å². The van der Waals surface area contributed by atoms with Crippen molar-refractivity contribution in [3.05, 3.63) is 34.1 Å². The summed E-state index contributed by atoms with van der Waals surface area (Å²) >= 11 is 0. The maximum Gasteiger partial charge on any atom is 0.330 e. The lowest BCUT2D eigenvalue weighted by Gasteiger charge is -2.07. The van der Waals surface area contributed by atoms with Crippen LogP contribution in [0.25, 0.3) is 0 Å². The number of anilines is 1. The molecule has 0 bridgehead atoms. The molecule has 1 aromatic heterocycles. The Hall–Kier alpha value is -3.04. The lowest BCUT2D eigenvalue weighted by atomic mass is 10.3. The standard InChI is InChI=1S/C11H10FN5O4/c1-13-9-14-10(20-2)16-11(15-9)21-8-6(12)4-3-5-7(8)17(18)19/h3-5H,1-2H3,(H,13,14,15,16). The number of methoxy groups -OCH3 is 1. The van der Waals surface area contributed by atoms with Crippen molar-refractivity contribution in [1.82, 2.24) is 15.0 Å². The van der Waals surface area contributed by atoms with Crippen molar-refractivity contribution >= 4 is 11.6 Å². The number of halogens is 1. The van der Waals surface area contributed by atoms with Gasteiger partial charge in [-0.15, -0.1) is 4.98 Å². The lowest BCUT2D eigenvalue weighted by molar-refractivity contribution is -0.385. The van der Waals surface area contributed by atoms with Crippen LogP contribution in [0.4, 0.5) is 16.0 Å². The molecule has 0 spiro atoms. The largest absolute Gasteiger partial charge is 0.467 e. The number of rotatable bonds is 5. The summed E-state index contributed by atoms with van der Waals surface area (Å²) in [6.07, 6.45) is 0. The molecule has 1 N–H and O–H groups in total. The molecule has 2 rings (SSSR count). The van der Waals surface area contributed by atoms with Crippen molar-refractivity contribution in [2.24, 2.45) is 0 Å². The molecule has 1 heterocycles. The highest BCUT2D eigenvalue weighted by Crippen LogP contribution is 2.32. The average Bonchev–Trinajstić information content (AvgIpc) is 2.48. The van der Waals surface area contributed by atoms with E-state index in [9.17, 15) is 14.5 Å². The Balaban J connectivity index is 2.45. The van der Waals surface area contributed by atoms with Crippen LogP contribution in [0.5, 0.6) is 17.8 Å². The van der Waals surface area contributed by atoms with Crippen LogP contribution in [0.2, 0.25) is 0 Å². The van der Waals surface area contributed by atoms with Gasteiger partial charge in [-0.05, 0) is 6.07 Å². The molecule has 0 aliphatic rings. The van der Waals surface area contributed by atoms with Crippen LogP contribution >= 0.6 is 0 Å². The van der Waals surface area contributed by atoms with E-state index >= 15 is 0 Å².